The number of rotatable bonds is 6. The van der Waals surface area contributed by atoms with Crippen LogP contribution >= 0.6 is 0 Å². The van der Waals surface area contributed by atoms with Crippen LogP contribution < -0.4 is 0 Å². The molecule has 0 saturated carbocycles. The van der Waals surface area contributed by atoms with Crippen molar-refractivity contribution in [2.24, 2.45) is 0 Å². The lowest BCUT2D eigenvalue weighted by Gasteiger charge is -2.21. The lowest BCUT2D eigenvalue weighted by atomic mass is 10.2. The van der Waals surface area contributed by atoms with Gasteiger partial charge in [0, 0.05) is 38.0 Å². The van der Waals surface area contributed by atoms with Gasteiger partial charge in [-0.2, -0.15) is 5.10 Å². The Morgan fingerprint density at radius 1 is 1.26 bits per heavy atom. The van der Waals surface area contributed by atoms with Gasteiger partial charge in [-0.1, -0.05) is 12.1 Å². The van der Waals surface area contributed by atoms with E-state index in [9.17, 15) is 9.50 Å². The molecule has 6 heteroatoms. The first-order valence-electron chi connectivity index (χ1n) is 7.81. The zero-order chi connectivity index (χ0) is 16.2. The maximum atomic E-state index is 12.9. The van der Waals surface area contributed by atoms with Gasteiger partial charge in [0.15, 0.2) is 0 Å². The van der Waals surface area contributed by atoms with E-state index in [-0.39, 0.29) is 24.6 Å². The average molecular weight is 319 g/mol. The molecular formula is C17H22FN3O2. The molecule has 2 atom stereocenters. The van der Waals surface area contributed by atoms with Gasteiger partial charge in [0.1, 0.15) is 5.82 Å². The van der Waals surface area contributed by atoms with Crippen LogP contribution in [-0.2, 0) is 17.8 Å². The van der Waals surface area contributed by atoms with Gasteiger partial charge in [-0.25, -0.2) is 4.39 Å². The number of aliphatic hydroxyl groups is 1. The Morgan fingerprint density at radius 3 is 2.74 bits per heavy atom. The second-order valence-corrected chi connectivity index (χ2v) is 6.03. The van der Waals surface area contributed by atoms with Crippen molar-refractivity contribution in [2.45, 2.75) is 31.7 Å². The Labute approximate surface area is 135 Å². The Bertz CT molecular complexity index is 629. The van der Waals surface area contributed by atoms with Crippen LogP contribution in [-0.4, -0.2) is 52.2 Å². The molecule has 0 bridgehead atoms. The third-order valence-electron chi connectivity index (χ3n) is 4.36. The molecule has 1 aliphatic rings. The molecule has 3 rings (SSSR count). The summed E-state index contributed by atoms with van der Waals surface area (Å²) in [4.78, 5) is 2.23. The van der Waals surface area contributed by atoms with Crippen molar-refractivity contribution in [1.29, 1.82) is 0 Å². The molecule has 1 N–H and O–H groups in total. The minimum atomic E-state index is -0.230. The van der Waals surface area contributed by atoms with Crippen LogP contribution in [0.5, 0.6) is 0 Å². The molecule has 124 valence electrons. The highest BCUT2D eigenvalue weighted by Gasteiger charge is 2.31. The van der Waals surface area contributed by atoms with E-state index in [1.165, 1.54) is 12.1 Å². The summed E-state index contributed by atoms with van der Waals surface area (Å²) in [6.07, 6.45) is 4.88. The summed E-state index contributed by atoms with van der Waals surface area (Å²) in [6, 6.07) is 6.59. The first-order chi connectivity index (χ1) is 11.2. The SMILES string of the molecule is CO[C@@H]1C[C@@H](CO)N(Cc2cnn(Cc3ccc(F)cc3)c2)C1. The number of aromatic nitrogens is 2. The van der Waals surface area contributed by atoms with Crippen molar-refractivity contribution < 1.29 is 14.2 Å². The van der Waals surface area contributed by atoms with Gasteiger partial charge in [0.25, 0.3) is 0 Å². The fourth-order valence-electron chi connectivity index (χ4n) is 3.08. The molecule has 1 fully saturated rings. The van der Waals surface area contributed by atoms with E-state index in [2.05, 4.69) is 10.00 Å². The highest BCUT2D eigenvalue weighted by atomic mass is 19.1. The van der Waals surface area contributed by atoms with Crippen molar-refractivity contribution in [1.82, 2.24) is 14.7 Å². The molecule has 1 saturated heterocycles. The molecule has 0 radical (unpaired) electrons. The van der Waals surface area contributed by atoms with E-state index in [1.54, 1.807) is 19.2 Å². The standard InChI is InChI=1S/C17H22FN3O2/c1-23-17-6-16(12-22)20(11-17)8-14-7-19-21(10-14)9-13-2-4-15(18)5-3-13/h2-5,7,10,16-17,22H,6,8-9,11-12H2,1H3/t16-,17+/m0/s1. The summed E-state index contributed by atoms with van der Waals surface area (Å²) >= 11 is 0. The topological polar surface area (TPSA) is 50.5 Å². The Balaban J connectivity index is 1.61. The first kappa shape index (κ1) is 16.1. The van der Waals surface area contributed by atoms with E-state index in [1.807, 2.05) is 17.1 Å². The third-order valence-corrected chi connectivity index (χ3v) is 4.36. The number of ether oxygens (including phenoxy) is 1. The minimum Gasteiger partial charge on any atom is -0.395 e. The zero-order valence-corrected chi connectivity index (χ0v) is 13.2. The summed E-state index contributed by atoms with van der Waals surface area (Å²) in [5, 5.41) is 13.9. The largest absolute Gasteiger partial charge is 0.395 e. The van der Waals surface area contributed by atoms with Crippen LogP contribution in [0, 0.1) is 5.82 Å². The van der Waals surface area contributed by atoms with Gasteiger partial charge >= 0.3 is 0 Å². The van der Waals surface area contributed by atoms with Crippen LogP contribution in [0.1, 0.15) is 17.5 Å². The molecule has 2 aromatic rings. The third kappa shape index (κ3) is 3.96. The second kappa shape index (κ2) is 7.21. The molecular weight excluding hydrogens is 297 g/mol. The van der Waals surface area contributed by atoms with Crippen LogP contribution in [0.25, 0.3) is 0 Å². The monoisotopic (exact) mass is 319 g/mol. The number of hydrogen-bond acceptors (Lipinski definition) is 4. The molecule has 0 amide bonds. The number of nitrogens with zero attached hydrogens (tertiary/aromatic N) is 3. The molecule has 1 aromatic heterocycles. The van der Waals surface area contributed by atoms with Gasteiger partial charge < -0.3 is 9.84 Å². The highest BCUT2D eigenvalue weighted by molar-refractivity contribution is 5.17. The van der Waals surface area contributed by atoms with Crippen molar-refractivity contribution in [3.63, 3.8) is 0 Å². The summed E-state index contributed by atoms with van der Waals surface area (Å²) in [6.45, 7) is 2.33. The Hall–Kier alpha value is -1.76. The molecule has 5 nitrogen and oxygen atoms in total. The second-order valence-electron chi connectivity index (χ2n) is 6.03. The molecule has 23 heavy (non-hydrogen) atoms. The van der Waals surface area contributed by atoms with Gasteiger partial charge in [0.05, 0.1) is 25.5 Å². The van der Waals surface area contributed by atoms with Crippen LogP contribution in [0.15, 0.2) is 36.7 Å². The molecule has 1 aromatic carbocycles. The van der Waals surface area contributed by atoms with E-state index >= 15 is 0 Å². The van der Waals surface area contributed by atoms with Gasteiger partial charge in [0.2, 0.25) is 0 Å². The van der Waals surface area contributed by atoms with Crippen molar-refractivity contribution in [2.75, 3.05) is 20.3 Å². The normalized spacial score (nSPS) is 21.9. The van der Waals surface area contributed by atoms with Gasteiger partial charge in [-0.15, -0.1) is 0 Å². The fraction of sp³-hybridized carbons (Fsp3) is 0.471. The fourth-order valence-corrected chi connectivity index (χ4v) is 3.08. The first-order valence-corrected chi connectivity index (χ1v) is 7.81. The highest BCUT2D eigenvalue weighted by Crippen LogP contribution is 2.22. The number of aliphatic hydroxyl groups excluding tert-OH is 1. The zero-order valence-electron chi connectivity index (χ0n) is 13.2. The molecule has 2 heterocycles. The minimum absolute atomic E-state index is 0.139. The quantitative estimate of drug-likeness (QED) is 0.880. The molecule has 0 aliphatic carbocycles. The molecule has 1 aliphatic heterocycles. The van der Waals surface area contributed by atoms with Gasteiger partial charge in [-0.3, -0.25) is 9.58 Å². The number of hydrogen-bond donors (Lipinski definition) is 1. The van der Waals surface area contributed by atoms with Gasteiger partial charge in [-0.05, 0) is 24.1 Å². The van der Waals surface area contributed by atoms with E-state index in [4.69, 9.17) is 4.74 Å². The number of halogens is 1. The Kier molecular flexibility index (Phi) is 5.05. The van der Waals surface area contributed by atoms with Crippen LogP contribution in [0.3, 0.4) is 0 Å². The average Bonchev–Trinajstić information content (AvgIpc) is 3.16. The van der Waals surface area contributed by atoms with E-state index in [0.29, 0.717) is 6.54 Å². The summed E-state index contributed by atoms with van der Waals surface area (Å²) in [7, 11) is 1.71. The summed E-state index contributed by atoms with van der Waals surface area (Å²) in [5.74, 6) is -0.230. The smallest absolute Gasteiger partial charge is 0.123 e. The van der Waals surface area contributed by atoms with Crippen LogP contribution in [0.4, 0.5) is 4.39 Å². The van der Waals surface area contributed by atoms with E-state index in [0.717, 1.165) is 30.6 Å². The maximum Gasteiger partial charge on any atom is 0.123 e. The van der Waals surface area contributed by atoms with E-state index < -0.39 is 0 Å². The molecule has 0 spiro atoms. The number of methoxy groups -OCH3 is 1. The summed E-state index contributed by atoms with van der Waals surface area (Å²) < 4.78 is 20.2. The van der Waals surface area contributed by atoms with Crippen molar-refractivity contribution in [3.05, 3.63) is 53.6 Å². The Morgan fingerprint density at radius 2 is 2.04 bits per heavy atom. The summed E-state index contributed by atoms with van der Waals surface area (Å²) in [5.41, 5.74) is 2.11. The number of benzene rings is 1. The van der Waals surface area contributed by atoms with Crippen molar-refractivity contribution in [3.8, 4) is 0 Å². The maximum absolute atomic E-state index is 12.9. The lowest BCUT2D eigenvalue weighted by Crippen LogP contribution is -2.31. The van der Waals surface area contributed by atoms with Crippen LogP contribution in [0.2, 0.25) is 0 Å². The number of likely N-dealkylation sites (tertiary alicyclic amines) is 1. The predicted octanol–water partition coefficient (Wildman–Crippen LogP) is 1.65. The predicted molar refractivity (Wildman–Crippen MR) is 84.4 cm³/mol. The lowest BCUT2D eigenvalue weighted by molar-refractivity contribution is 0.107. The molecule has 0 unspecified atom stereocenters. The van der Waals surface area contributed by atoms with Crippen molar-refractivity contribution >= 4 is 0 Å².